The Hall–Kier alpha value is -1.65. The summed E-state index contributed by atoms with van der Waals surface area (Å²) in [5.74, 6) is 0. The zero-order valence-corrected chi connectivity index (χ0v) is 10.2. The summed E-state index contributed by atoms with van der Waals surface area (Å²) in [5.41, 5.74) is 1.93. The normalized spacial score (nSPS) is 12.8. The van der Waals surface area contributed by atoms with E-state index < -0.39 is 6.10 Å². The lowest BCUT2D eigenvalue weighted by atomic mass is 10.0. The summed E-state index contributed by atoms with van der Waals surface area (Å²) >= 11 is 0. The van der Waals surface area contributed by atoms with Crippen molar-refractivity contribution in [1.82, 2.24) is 0 Å². The van der Waals surface area contributed by atoms with Crippen LogP contribution in [0.2, 0.25) is 0 Å². The standard InChI is InChI=1S/C14H16O4/c1-9-6-14(17)18-13-8-10(2-3-12(9)13)7-11(16)4-5-15/h2-3,6,8,11,15-16H,4-5,7H2,1H3. The van der Waals surface area contributed by atoms with Crippen molar-refractivity contribution in [1.29, 1.82) is 0 Å². The molecule has 2 rings (SSSR count). The number of rotatable bonds is 4. The van der Waals surface area contributed by atoms with Gasteiger partial charge in [0.25, 0.3) is 0 Å². The number of hydrogen-bond acceptors (Lipinski definition) is 4. The zero-order valence-electron chi connectivity index (χ0n) is 10.2. The van der Waals surface area contributed by atoms with Crippen LogP contribution in [-0.2, 0) is 6.42 Å². The van der Waals surface area contributed by atoms with Crippen LogP contribution in [0.25, 0.3) is 11.0 Å². The SMILES string of the molecule is Cc1cc(=O)oc2cc(CC(O)CCO)ccc12. The molecule has 0 radical (unpaired) electrons. The molecule has 0 spiro atoms. The van der Waals surface area contributed by atoms with Gasteiger partial charge >= 0.3 is 5.63 Å². The topological polar surface area (TPSA) is 70.7 Å². The molecule has 0 fully saturated rings. The summed E-state index contributed by atoms with van der Waals surface area (Å²) in [6, 6.07) is 7.01. The molecule has 2 aromatic rings. The summed E-state index contributed by atoms with van der Waals surface area (Å²) < 4.78 is 5.14. The molecule has 0 amide bonds. The lowest BCUT2D eigenvalue weighted by molar-refractivity contribution is 0.133. The van der Waals surface area contributed by atoms with Crippen LogP contribution in [0.15, 0.2) is 33.5 Å². The smallest absolute Gasteiger partial charge is 0.336 e. The van der Waals surface area contributed by atoms with Crippen LogP contribution in [0.1, 0.15) is 17.5 Å². The molecule has 2 N–H and O–H groups in total. The Morgan fingerprint density at radius 3 is 2.83 bits per heavy atom. The quantitative estimate of drug-likeness (QED) is 0.802. The van der Waals surface area contributed by atoms with E-state index in [1.807, 2.05) is 19.1 Å². The Bertz CT molecular complexity index is 600. The molecule has 1 aromatic heterocycles. The first-order chi connectivity index (χ1) is 8.60. The predicted molar refractivity (Wildman–Crippen MR) is 68.6 cm³/mol. The van der Waals surface area contributed by atoms with Gasteiger partial charge in [-0.25, -0.2) is 4.79 Å². The minimum Gasteiger partial charge on any atom is -0.423 e. The monoisotopic (exact) mass is 248 g/mol. The number of hydrogen-bond donors (Lipinski definition) is 2. The number of aliphatic hydroxyl groups is 2. The first-order valence-electron chi connectivity index (χ1n) is 5.92. The first kappa shape index (κ1) is 12.8. The van der Waals surface area contributed by atoms with Gasteiger partial charge < -0.3 is 14.6 Å². The molecular weight excluding hydrogens is 232 g/mol. The van der Waals surface area contributed by atoms with Crippen molar-refractivity contribution >= 4 is 11.0 Å². The van der Waals surface area contributed by atoms with E-state index in [1.54, 1.807) is 6.07 Å². The molecule has 96 valence electrons. The third-order valence-corrected chi connectivity index (χ3v) is 2.95. The van der Waals surface area contributed by atoms with Gasteiger partial charge in [0.05, 0.1) is 6.10 Å². The molecule has 4 nitrogen and oxygen atoms in total. The van der Waals surface area contributed by atoms with Crippen molar-refractivity contribution in [2.75, 3.05) is 6.61 Å². The van der Waals surface area contributed by atoms with Gasteiger partial charge in [-0.1, -0.05) is 12.1 Å². The summed E-state index contributed by atoms with van der Waals surface area (Å²) in [5, 5.41) is 19.3. The molecular formula is C14H16O4. The first-order valence-corrected chi connectivity index (χ1v) is 5.92. The minimum atomic E-state index is -0.580. The van der Waals surface area contributed by atoms with E-state index >= 15 is 0 Å². The fraction of sp³-hybridized carbons (Fsp3) is 0.357. The lowest BCUT2D eigenvalue weighted by Crippen LogP contribution is -2.12. The van der Waals surface area contributed by atoms with Crippen LogP contribution < -0.4 is 5.63 Å². The minimum absolute atomic E-state index is 0.0388. The van der Waals surface area contributed by atoms with E-state index in [0.29, 0.717) is 18.4 Å². The molecule has 0 aliphatic rings. The second kappa shape index (κ2) is 5.33. The molecule has 0 saturated carbocycles. The highest BCUT2D eigenvalue weighted by atomic mass is 16.4. The van der Waals surface area contributed by atoms with E-state index in [-0.39, 0.29) is 12.2 Å². The molecule has 1 unspecified atom stereocenters. The average Bonchev–Trinajstić information content (AvgIpc) is 2.28. The van der Waals surface area contributed by atoms with Crippen LogP contribution in [0.3, 0.4) is 0 Å². The Balaban J connectivity index is 2.35. The summed E-state index contributed by atoms with van der Waals surface area (Å²) in [7, 11) is 0. The Morgan fingerprint density at radius 2 is 2.11 bits per heavy atom. The highest BCUT2D eigenvalue weighted by Crippen LogP contribution is 2.19. The predicted octanol–water partition coefficient (Wildman–Crippen LogP) is 1.39. The Kier molecular flexibility index (Phi) is 3.79. The molecule has 18 heavy (non-hydrogen) atoms. The van der Waals surface area contributed by atoms with Gasteiger partial charge in [0, 0.05) is 18.1 Å². The van der Waals surface area contributed by atoms with E-state index in [1.165, 1.54) is 6.07 Å². The second-order valence-corrected chi connectivity index (χ2v) is 4.45. The summed E-state index contributed by atoms with van der Waals surface area (Å²) in [6.07, 6.45) is 0.202. The molecule has 1 atom stereocenters. The van der Waals surface area contributed by atoms with E-state index in [2.05, 4.69) is 0 Å². The maximum atomic E-state index is 11.3. The van der Waals surface area contributed by atoms with Gasteiger partial charge in [0.15, 0.2) is 0 Å². The molecule has 0 aliphatic carbocycles. The highest BCUT2D eigenvalue weighted by molar-refractivity contribution is 5.80. The molecule has 0 saturated heterocycles. The van der Waals surface area contributed by atoms with Gasteiger partial charge in [0.2, 0.25) is 0 Å². The fourth-order valence-corrected chi connectivity index (χ4v) is 2.02. The number of aliphatic hydroxyl groups excluding tert-OH is 2. The van der Waals surface area contributed by atoms with Gasteiger partial charge in [0.1, 0.15) is 5.58 Å². The Labute approximate surface area is 104 Å². The largest absolute Gasteiger partial charge is 0.423 e. The molecule has 1 heterocycles. The third-order valence-electron chi connectivity index (χ3n) is 2.95. The molecule has 1 aromatic carbocycles. The Morgan fingerprint density at radius 1 is 1.33 bits per heavy atom. The second-order valence-electron chi connectivity index (χ2n) is 4.45. The van der Waals surface area contributed by atoms with Crippen molar-refractivity contribution in [3.05, 3.63) is 45.8 Å². The third kappa shape index (κ3) is 2.78. The van der Waals surface area contributed by atoms with Gasteiger partial charge in [-0.15, -0.1) is 0 Å². The summed E-state index contributed by atoms with van der Waals surface area (Å²) in [6.45, 7) is 1.82. The summed E-state index contributed by atoms with van der Waals surface area (Å²) in [4.78, 5) is 11.3. The number of benzene rings is 1. The maximum Gasteiger partial charge on any atom is 0.336 e. The average molecular weight is 248 g/mol. The van der Waals surface area contributed by atoms with Crippen LogP contribution in [-0.4, -0.2) is 22.9 Å². The van der Waals surface area contributed by atoms with Gasteiger partial charge in [-0.2, -0.15) is 0 Å². The lowest BCUT2D eigenvalue weighted by Gasteiger charge is -2.09. The van der Waals surface area contributed by atoms with Crippen molar-refractivity contribution in [2.45, 2.75) is 25.9 Å². The van der Waals surface area contributed by atoms with Crippen molar-refractivity contribution < 1.29 is 14.6 Å². The zero-order chi connectivity index (χ0) is 13.1. The molecule has 0 bridgehead atoms. The molecule has 4 heteroatoms. The van der Waals surface area contributed by atoms with Crippen LogP contribution in [0.4, 0.5) is 0 Å². The van der Waals surface area contributed by atoms with Crippen molar-refractivity contribution in [3.8, 4) is 0 Å². The van der Waals surface area contributed by atoms with E-state index in [0.717, 1.165) is 16.5 Å². The van der Waals surface area contributed by atoms with E-state index in [4.69, 9.17) is 9.52 Å². The number of aryl methyl sites for hydroxylation is 1. The van der Waals surface area contributed by atoms with Gasteiger partial charge in [-0.3, -0.25) is 0 Å². The van der Waals surface area contributed by atoms with E-state index in [9.17, 15) is 9.90 Å². The highest BCUT2D eigenvalue weighted by Gasteiger charge is 2.07. The molecule has 0 aliphatic heterocycles. The van der Waals surface area contributed by atoms with Crippen molar-refractivity contribution in [3.63, 3.8) is 0 Å². The van der Waals surface area contributed by atoms with Crippen molar-refractivity contribution in [2.24, 2.45) is 0 Å². The van der Waals surface area contributed by atoms with Gasteiger partial charge in [-0.05, 0) is 37.0 Å². The fourth-order valence-electron chi connectivity index (χ4n) is 2.02. The van der Waals surface area contributed by atoms with Crippen LogP contribution in [0.5, 0.6) is 0 Å². The van der Waals surface area contributed by atoms with Crippen LogP contribution >= 0.6 is 0 Å². The van der Waals surface area contributed by atoms with Crippen LogP contribution in [0, 0.1) is 6.92 Å². The number of fused-ring (bicyclic) bond motifs is 1. The maximum absolute atomic E-state index is 11.3.